The summed E-state index contributed by atoms with van der Waals surface area (Å²) in [4.78, 5) is 11.0. The van der Waals surface area contributed by atoms with Crippen LogP contribution in [0, 0.1) is 0 Å². The van der Waals surface area contributed by atoms with Gasteiger partial charge in [-0.1, -0.05) is 47.6 Å². The summed E-state index contributed by atoms with van der Waals surface area (Å²) in [5.74, 6) is -0.466. The summed E-state index contributed by atoms with van der Waals surface area (Å²) in [5, 5.41) is 3.83. The van der Waals surface area contributed by atoms with Crippen molar-refractivity contribution < 1.29 is 9.18 Å². The normalized spacial score (nSPS) is 11.2. The number of carbonyl (C=O) groups excluding carboxylic acids is 1. The van der Waals surface area contributed by atoms with Crippen molar-refractivity contribution in [3.05, 3.63) is 71.3 Å². The lowest BCUT2D eigenvalue weighted by Gasteiger charge is -2.06. The summed E-state index contributed by atoms with van der Waals surface area (Å²) in [6.07, 6.45) is 0.573. The topological polar surface area (TPSA) is 64.7 Å². The van der Waals surface area contributed by atoms with E-state index in [1.165, 1.54) is 0 Å². The highest BCUT2D eigenvalue weighted by molar-refractivity contribution is 6.08. The molecule has 0 heterocycles. The van der Waals surface area contributed by atoms with Crippen molar-refractivity contribution in [3.8, 4) is 0 Å². The summed E-state index contributed by atoms with van der Waals surface area (Å²) in [5.41, 5.74) is 8.22. The van der Waals surface area contributed by atoms with Crippen molar-refractivity contribution in [2.24, 2.45) is 10.9 Å². The van der Waals surface area contributed by atoms with Crippen molar-refractivity contribution in [3.63, 3.8) is 0 Å². The average molecular weight is 289 g/mol. The molecular formula is C15H13ClN2O2. The van der Waals surface area contributed by atoms with Gasteiger partial charge in [-0.15, -0.1) is 0 Å². The molecule has 2 aromatic rings. The quantitative estimate of drug-likeness (QED) is 0.679. The van der Waals surface area contributed by atoms with Crippen LogP contribution in [0.1, 0.15) is 21.5 Å². The molecule has 0 saturated heterocycles. The van der Waals surface area contributed by atoms with Gasteiger partial charge in [0, 0.05) is 12.0 Å². The maximum absolute atomic E-state index is 11.0. The summed E-state index contributed by atoms with van der Waals surface area (Å²) in [6, 6.07) is 16.6. The minimum atomic E-state index is -0.466. The minimum absolute atomic E-state index is 0.444. The summed E-state index contributed by atoms with van der Waals surface area (Å²) in [6.45, 7) is 0. The molecule has 0 spiro atoms. The van der Waals surface area contributed by atoms with Crippen LogP contribution in [0.4, 0.5) is 0 Å². The molecule has 5 heteroatoms. The largest absolute Gasteiger partial charge is 0.366 e. The van der Waals surface area contributed by atoms with Crippen LogP contribution in [0.5, 0.6) is 0 Å². The van der Waals surface area contributed by atoms with E-state index in [0.29, 0.717) is 17.7 Å². The standard InChI is InChI=1S/C15H13ClN2O2/c16-20-18-14(10-11-4-2-1-3-5-11)12-6-8-13(9-7-12)15(17)19/h1-9H,10H2,(H2,17,19)/b18-14-. The smallest absolute Gasteiger partial charge is 0.248 e. The van der Waals surface area contributed by atoms with Gasteiger partial charge in [-0.25, -0.2) is 0 Å². The maximum Gasteiger partial charge on any atom is 0.248 e. The highest BCUT2D eigenvalue weighted by atomic mass is 35.5. The molecule has 0 atom stereocenters. The second-order valence-corrected chi connectivity index (χ2v) is 4.35. The van der Waals surface area contributed by atoms with Gasteiger partial charge in [-0.3, -0.25) is 9.18 Å². The third-order valence-corrected chi connectivity index (χ3v) is 2.93. The Bertz CT molecular complexity index is 610. The molecule has 0 radical (unpaired) electrons. The van der Waals surface area contributed by atoms with E-state index in [2.05, 4.69) is 9.55 Å². The predicted molar refractivity (Wildman–Crippen MR) is 78.6 cm³/mol. The molecule has 0 aliphatic rings. The van der Waals surface area contributed by atoms with Crippen LogP contribution in [-0.2, 0) is 10.8 Å². The number of primary amides is 1. The number of nitrogens with zero attached hydrogens (tertiary/aromatic N) is 1. The molecule has 0 aliphatic carbocycles. The van der Waals surface area contributed by atoms with Crippen LogP contribution < -0.4 is 5.73 Å². The van der Waals surface area contributed by atoms with Gasteiger partial charge in [0.15, 0.2) is 11.9 Å². The third-order valence-electron chi connectivity index (χ3n) is 2.86. The number of rotatable bonds is 5. The number of hydrogen-bond donors (Lipinski definition) is 1. The molecule has 2 rings (SSSR count). The average Bonchev–Trinajstić information content (AvgIpc) is 2.48. The maximum atomic E-state index is 11.0. The van der Waals surface area contributed by atoms with E-state index in [0.717, 1.165) is 11.1 Å². The molecule has 0 aromatic heterocycles. The third kappa shape index (κ3) is 3.59. The van der Waals surface area contributed by atoms with Crippen molar-refractivity contribution in [2.75, 3.05) is 0 Å². The Morgan fingerprint density at radius 3 is 2.20 bits per heavy atom. The fourth-order valence-electron chi connectivity index (χ4n) is 1.84. The Hall–Kier alpha value is -2.33. The molecule has 2 aromatic carbocycles. The number of hydrogen-bond acceptors (Lipinski definition) is 3. The molecule has 102 valence electrons. The van der Waals surface area contributed by atoms with E-state index in [1.54, 1.807) is 24.3 Å². The van der Waals surface area contributed by atoms with Crippen LogP contribution in [0.15, 0.2) is 59.8 Å². The Kier molecular flexibility index (Phi) is 4.74. The Morgan fingerprint density at radius 2 is 1.65 bits per heavy atom. The van der Waals surface area contributed by atoms with E-state index in [1.807, 2.05) is 30.3 Å². The van der Waals surface area contributed by atoms with Gasteiger partial charge in [0.1, 0.15) is 0 Å². The first-order valence-electron chi connectivity index (χ1n) is 5.99. The van der Waals surface area contributed by atoms with Crippen molar-refractivity contribution in [2.45, 2.75) is 6.42 Å². The van der Waals surface area contributed by atoms with Gasteiger partial charge in [0.2, 0.25) is 5.91 Å². The Labute approximate surface area is 122 Å². The van der Waals surface area contributed by atoms with Crippen LogP contribution in [0.25, 0.3) is 0 Å². The van der Waals surface area contributed by atoms with Gasteiger partial charge >= 0.3 is 0 Å². The van der Waals surface area contributed by atoms with Crippen molar-refractivity contribution in [1.29, 1.82) is 0 Å². The summed E-state index contributed by atoms with van der Waals surface area (Å²) in [7, 11) is 0. The molecule has 0 aliphatic heterocycles. The van der Waals surface area contributed by atoms with Crippen LogP contribution in [0.2, 0.25) is 0 Å². The monoisotopic (exact) mass is 288 g/mol. The zero-order valence-electron chi connectivity index (χ0n) is 10.6. The highest BCUT2D eigenvalue weighted by Crippen LogP contribution is 2.11. The molecular weight excluding hydrogens is 276 g/mol. The van der Waals surface area contributed by atoms with E-state index >= 15 is 0 Å². The van der Waals surface area contributed by atoms with Gasteiger partial charge in [-0.2, -0.15) is 0 Å². The molecule has 2 N–H and O–H groups in total. The van der Waals surface area contributed by atoms with Crippen LogP contribution in [0.3, 0.4) is 0 Å². The molecule has 0 bridgehead atoms. The number of amides is 1. The van der Waals surface area contributed by atoms with Crippen molar-refractivity contribution >= 4 is 23.5 Å². The zero-order chi connectivity index (χ0) is 14.4. The number of oxime groups is 1. The van der Waals surface area contributed by atoms with Gasteiger partial charge in [0.25, 0.3) is 0 Å². The van der Waals surface area contributed by atoms with Crippen LogP contribution >= 0.6 is 11.9 Å². The van der Waals surface area contributed by atoms with Gasteiger partial charge in [-0.05, 0) is 23.3 Å². The molecule has 0 fully saturated rings. The molecule has 1 amide bonds. The molecule has 20 heavy (non-hydrogen) atoms. The van der Waals surface area contributed by atoms with Crippen LogP contribution in [-0.4, -0.2) is 11.6 Å². The van der Waals surface area contributed by atoms with E-state index < -0.39 is 5.91 Å². The van der Waals surface area contributed by atoms with Gasteiger partial charge in [0.05, 0.1) is 5.71 Å². The molecule has 0 saturated carbocycles. The van der Waals surface area contributed by atoms with Crippen molar-refractivity contribution in [1.82, 2.24) is 0 Å². The second kappa shape index (κ2) is 6.73. The first-order chi connectivity index (χ1) is 9.70. The highest BCUT2D eigenvalue weighted by Gasteiger charge is 2.08. The van der Waals surface area contributed by atoms with E-state index in [-0.39, 0.29) is 0 Å². The summed E-state index contributed by atoms with van der Waals surface area (Å²) < 4.78 is 4.38. The fourth-order valence-corrected chi connectivity index (χ4v) is 1.93. The number of carbonyl (C=O) groups is 1. The first kappa shape index (κ1) is 14.1. The van der Waals surface area contributed by atoms with Gasteiger partial charge < -0.3 is 5.73 Å². The SMILES string of the molecule is NC(=O)c1ccc(/C(Cc2ccccc2)=N\OCl)cc1. The lowest BCUT2D eigenvalue weighted by atomic mass is 10.0. The Balaban J connectivity index is 2.25. The zero-order valence-corrected chi connectivity index (χ0v) is 11.4. The van der Waals surface area contributed by atoms with E-state index in [9.17, 15) is 4.79 Å². The lowest BCUT2D eigenvalue weighted by Crippen LogP contribution is -2.11. The number of halogens is 1. The predicted octanol–water partition coefficient (Wildman–Crippen LogP) is 2.90. The lowest BCUT2D eigenvalue weighted by molar-refractivity contribution is 0.100. The second-order valence-electron chi connectivity index (χ2n) is 4.21. The number of benzene rings is 2. The molecule has 4 nitrogen and oxygen atoms in total. The van der Waals surface area contributed by atoms with E-state index in [4.69, 9.17) is 17.6 Å². The summed E-state index contributed by atoms with van der Waals surface area (Å²) >= 11 is 5.23. The molecule has 0 unspecified atom stereocenters. The fraction of sp³-hybridized carbons (Fsp3) is 0.0667. The Morgan fingerprint density at radius 1 is 1.05 bits per heavy atom. The minimum Gasteiger partial charge on any atom is -0.366 e. The first-order valence-corrected chi connectivity index (χ1v) is 6.30. The number of nitrogens with two attached hydrogens (primary N) is 1.